The number of nitrogens with one attached hydrogen (secondary N) is 1. The quantitative estimate of drug-likeness (QED) is 0.645. The fourth-order valence-corrected chi connectivity index (χ4v) is 3.93. The summed E-state index contributed by atoms with van der Waals surface area (Å²) in [5.41, 5.74) is 5.44. The molecule has 0 spiro atoms. The van der Waals surface area contributed by atoms with Gasteiger partial charge in [-0.3, -0.25) is 4.79 Å². The van der Waals surface area contributed by atoms with Gasteiger partial charge in [-0.25, -0.2) is 0 Å². The first-order valence-corrected chi connectivity index (χ1v) is 10.6. The lowest BCUT2D eigenvalue weighted by Crippen LogP contribution is -2.37. The molecule has 3 aromatic carbocycles. The Kier molecular flexibility index (Phi) is 6.78. The SMILES string of the molecule is O=C(NCc1ccccc1N1CCOCC1)c1ccccc1CCc1ccccc1. The van der Waals surface area contributed by atoms with Crippen molar-refractivity contribution in [2.45, 2.75) is 19.4 Å². The van der Waals surface area contributed by atoms with E-state index in [1.165, 1.54) is 11.3 Å². The summed E-state index contributed by atoms with van der Waals surface area (Å²) in [5, 5.41) is 3.14. The van der Waals surface area contributed by atoms with Crippen LogP contribution < -0.4 is 10.2 Å². The van der Waals surface area contributed by atoms with E-state index in [0.29, 0.717) is 6.54 Å². The van der Waals surface area contributed by atoms with E-state index in [9.17, 15) is 4.79 Å². The molecule has 0 bridgehead atoms. The highest BCUT2D eigenvalue weighted by molar-refractivity contribution is 5.95. The maximum Gasteiger partial charge on any atom is 0.251 e. The lowest BCUT2D eigenvalue weighted by atomic mass is 9.99. The monoisotopic (exact) mass is 400 g/mol. The average Bonchev–Trinajstić information content (AvgIpc) is 2.83. The topological polar surface area (TPSA) is 41.6 Å². The van der Waals surface area contributed by atoms with Gasteiger partial charge in [0.2, 0.25) is 0 Å². The van der Waals surface area contributed by atoms with Gasteiger partial charge in [-0.2, -0.15) is 0 Å². The summed E-state index contributed by atoms with van der Waals surface area (Å²) in [6, 6.07) is 26.6. The minimum Gasteiger partial charge on any atom is -0.378 e. The van der Waals surface area contributed by atoms with Crippen LogP contribution in [0.2, 0.25) is 0 Å². The Morgan fingerprint density at radius 1 is 0.800 bits per heavy atom. The standard InChI is InChI=1S/C26H28N2O2/c29-26(24-12-6-4-10-22(24)15-14-21-8-2-1-3-9-21)27-20-23-11-5-7-13-25(23)28-16-18-30-19-17-28/h1-13H,14-20H2,(H,27,29). The Balaban J connectivity index is 1.43. The highest BCUT2D eigenvalue weighted by Crippen LogP contribution is 2.22. The number of rotatable bonds is 7. The number of anilines is 1. The summed E-state index contributed by atoms with van der Waals surface area (Å²) in [6.07, 6.45) is 1.77. The van der Waals surface area contributed by atoms with Gasteiger partial charge in [0.05, 0.1) is 13.2 Å². The summed E-state index contributed by atoms with van der Waals surface area (Å²) in [5.74, 6) is -0.0181. The van der Waals surface area contributed by atoms with Gasteiger partial charge >= 0.3 is 0 Å². The van der Waals surface area contributed by atoms with Crippen molar-refractivity contribution >= 4 is 11.6 Å². The van der Waals surface area contributed by atoms with Crippen molar-refractivity contribution in [1.29, 1.82) is 0 Å². The molecule has 0 radical (unpaired) electrons. The molecule has 154 valence electrons. The van der Waals surface area contributed by atoms with Crippen molar-refractivity contribution in [2.75, 3.05) is 31.2 Å². The first-order valence-electron chi connectivity index (χ1n) is 10.6. The predicted molar refractivity (Wildman–Crippen MR) is 121 cm³/mol. The molecule has 0 aromatic heterocycles. The third-order valence-corrected chi connectivity index (χ3v) is 5.57. The van der Waals surface area contributed by atoms with Crippen molar-refractivity contribution in [1.82, 2.24) is 5.32 Å². The first-order chi connectivity index (χ1) is 14.8. The van der Waals surface area contributed by atoms with Crippen LogP contribution in [0.4, 0.5) is 5.69 Å². The molecule has 3 aromatic rings. The van der Waals surface area contributed by atoms with Crippen LogP contribution in [0.15, 0.2) is 78.9 Å². The van der Waals surface area contributed by atoms with E-state index in [0.717, 1.165) is 55.8 Å². The van der Waals surface area contributed by atoms with Gasteiger partial charge < -0.3 is 15.0 Å². The number of ether oxygens (including phenoxy) is 1. The van der Waals surface area contributed by atoms with Crippen LogP contribution in [-0.2, 0) is 24.1 Å². The lowest BCUT2D eigenvalue weighted by molar-refractivity contribution is 0.0949. The van der Waals surface area contributed by atoms with Gasteiger partial charge in [-0.1, -0.05) is 66.7 Å². The van der Waals surface area contributed by atoms with Gasteiger partial charge in [0, 0.05) is 30.9 Å². The van der Waals surface area contributed by atoms with E-state index in [1.807, 2.05) is 30.3 Å². The van der Waals surface area contributed by atoms with Gasteiger partial charge in [-0.15, -0.1) is 0 Å². The largest absolute Gasteiger partial charge is 0.378 e. The highest BCUT2D eigenvalue weighted by Gasteiger charge is 2.16. The summed E-state index contributed by atoms with van der Waals surface area (Å²) >= 11 is 0. The van der Waals surface area contributed by atoms with Crippen molar-refractivity contribution < 1.29 is 9.53 Å². The summed E-state index contributed by atoms with van der Waals surface area (Å²) in [6.45, 7) is 3.77. The van der Waals surface area contributed by atoms with Gasteiger partial charge in [0.15, 0.2) is 0 Å². The number of aryl methyl sites for hydroxylation is 2. The number of nitrogens with zero attached hydrogens (tertiary/aromatic N) is 1. The molecule has 30 heavy (non-hydrogen) atoms. The Morgan fingerprint density at radius 3 is 2.27 bits per heavy atom. The molecule has 1 N–H and O–H groups in total. The minimum absolute atomic E-state index is 0.0181. The zero-order chi connectivity index (χ0) is 20.6. The van der Waals surface area contributed by atoms with Crippen molar-refractivity contribution in [2.24, 2.45) is 0 Å². The van der Waals surface area contributed by atoms with E-state index >= 15 is 0 Å². The zero-order valence-corrected chi connectivity index (χ0v) is 17.2. The molecule has 4 heteroatoms. The first kappa shape index (κ1) is 20.2. The molecule has 0 unspecified atom stereocenters. The number of morpholine rings is 1. The van der Waals surface area contributed by atoms with Gasteiger partial charge in [0.1, 0.15) is 0 Å². The molecule has 1 amide bonds. The summed E-state index contributed by atoms with van der Waals surface area (Å²) in [7, 11) is 0. The van der Waals surface area contributed by atoms with E-state index < -0.39 is 0 Å². The van der Waals surface area contributed by atoms with Crippen LogP contribution in [0.5, 0.6) is 0 Å². The third kappa shape index (κ3) is 5.08. The maximum absolute atomic E-state index is 13.0. The fourth-order valence-electron chi connectivity index (χ4n) is 3.93. The number of benzene rings is 3. The summed E-state index contributed by atoms with van der Waals surface area (Å²) in [4.78, 5) is 15.3. The Bertz CT molecular complexity index is 966. The van der Waals surface area contributed by atoms with Crippen molar-refractivity contribution in [3.63, 3.8) is 0 Å². The number of para-hydroxylation sites is 1. The molecular formula is C26H28N2O2. The highest BCUT2D eigenvalue weighted by atomic mass is 16.5. The molecule has 4 rings (SSSR count). The molecule has 0 aliphatic carbocycles. The number of hydrogen-bond donors (Lipinski definition) is 1. The van der Waals surface area contributed by atoms with E-state index in [2.05, 4.69) is 58.7 Å². The third-order valence-electron chi connectivity index (χ3n) is 5.57. The minimum atomic E-state index is -0.0181. The van der Waals surface area contributed by atoms with Crippen LogP contribution in [0.3, 0.4) is 0 Å². The zero-order valence-electron chi connectivity index (χ0n) is 17.2. The van der Waals surface area contributed by atoms with Crippen molar-refractivity contribution in [3.8, 4) is 0 Å². The second kappa shape index (κ2) is 10.1. The number of hydrogen-bond acceptors (Lipinski definition) is 3. The van der Waals surface area contributed by atoms with Gasteiger partial charge in [-0.05, 0) is 41.7 Å². The molecule has 1 aliphatic heterocycles. The van der Waals surface area contributed by atoms with Crippen LogP contribution in [0.25, 0.3) is 0 Å². The molecule has 0 saturated carbocycles. The second-order valence-electron chi connectivity index (χ2n) is 7.55. The fraction of sp³-hybridized carbons (Fsp3) is 0.269. The van der Waals surface area contributed by atoms with Crippen LogP contribution >= 0.6 is 0 Å². The van der Waals surface area contributed by atoms with Gasteiger partial charge in [0.25, 0.3) is 5.91 Å². The molecule has 4 nitrogen and oxygen atoms in total. The van der Waals surface area contributed by atoms with E-state index in [1.54, 1.807) is 0 Å². The number of carbonyl (C=O) groups excluding carboxylic acids is 1. The van der Waals surface area contributed by atoms with E-state index in [-0.39, 0.29) is 5.91 Å². The molecule has 1 heterocycles. The second-order valence-corrected chi connectivity index (χ2v) is 7.55. The molecule has 1 fully saturated rings. The molecule has 1 aliphatic rings. The normalized spacial score (nSPS) is 13.8. The lowest BCUT2D eigenvalue weighted by Gasteiger charge is -2.30. The number of carbonyl (C=O) groups is 1. The summed E-state index contributed by atoms with van der Waals surface area (Å²) < 4.78 is 5.47. The average molecular weight is 401 g/mol. The predicted octanol–water partition coefficient (Wildman–Crippen LogP) is 4.24. The Labute approximate surface area is 178 Å². The van der Waals surface area contributed by atoms with Crippen molar-refractivity contribution in [3.05, 3.63) is 101 Å². The molecule has 0 atom stereocenters. The Morgan fingerprint density at radius 2 is 1.47 bits per heavy atom. The molecule has 1 saturated heterocycles. The van der Waals surface area contributed by atoms with Crippen LogP contribution in [-0.4, -0.2) is 32.2 Å². The number of amides is 1. The van der Waals surface area contributed by atoms with Crippen LogP contribution in [0, 0.1) is 0 Å². The Hall–Kier alpha value is -3.11. The maximum atomic E-state index is 13.0. The van der Waals surface area contributed by atoms with Crippen LogP contribution in [0.1, 0.15) is 27.0 Å². The smallest absolute Gasteiger partial charge is 0.251 e. The molecular weight excluding hydrogens is 372 g/mol. The van der Waals surface area contributed by atoms with E-state index in [4.69, 9.17) is 4.74 Å².